The molecular formula is C21H17ClN4O2S2. The zero-order valence-corrected chi connectivity index (χ0v) is 18.1. The molecule has 1 N–H and O–H groups in total. The monoisotopic (exact) mass is 456 g/mol. The number of thioether (sulfide) groups is 1. The Kier molecular flexibility index (Phi) is 6.78. The van der Waals surface area contributed by atoms with Gasteiger partial charge < -0.3 is 9.84 Å². The molecule has 0 aliphatic heterocycles. The van der Waals surface area contributed by atoms with Crippen LogP contribution in [0.5, 0.6) is 0 Å². The van der Waals surface area contributed by atoms with E-state index in [0.29, 0.717) is 28.9 Å². The summed E-state index contributed by atoms with van der Waals surface area (Å²) in [7, 11) is 0. The summed E-state index contributed by atoms with van der Waals surface area (Å²) >= 11 is 9.05. The van der Waals surface area contributed by atoms with Crippen molar-refractivity contribution in [3.8, 4) is 11.3 Å². The van der Waals surface area contributed by atoms with Crippen LogP contribution in [0.4, 0.5) is 5.69 Å². The van der Waals surface area contributed by atoms with Gasteiger partial charge in [0.1, 0.15) is 0 Å². The second-order valence-corrected chi connectivity index (χ2v) is 8.83. The lowest BCUT2D eigenvalue weighted by molar-refractivity contribution is -0.116. The molecule has 30 heavy (non-hydrogen) atoms. The van der Waals surface area contributed by atoms with E-state index >= 15 is 0 Å². The number of benzene rings is 2. The Morgan fingerprint density at radius 2 is 1.90 bits per heavy atom. The molecule has 6 nitrogen and oxygen atoms in total. The van der Waals surface area contributed by atoms with Gasteiger partial charge in [0.05, 0.1) is 11.4 Å². The first kappa shape index (κ1) is 20.6. The average molecular weight is 457 g/mol. The highest BCUT2D eigenvalue weighted by atomic mass is 35.5. The van der Waals surface area contributed by atoms with Gasteiger partial charge in [-0.3, -0.25) is 4.79 Å². The first-order valence-corrected chi connectivity index (χ1v) is 11.4. The van der Waals surface area contributed by atoms with Crippen LogP contribution in [0.25, 0.3) is 11.3 Å². The Morgan fingerprint density at radius 3 is 2.70 bits per heavy atom. The lowest BCUT2D eigenvalue weighted by Gasteiger charge is -2.02. The fourth-order valence-electron chi connectivity index (χ4n) is 2.62. The summed E-state index contributed by atoms with van der Waals surface area (Å²) in [5, 5.41) is 9.54. The topological polar surface area (TPSA) is 80.9 Å². The number of thiazole rings is 1. The zero-order chi connectivity index (χ0) is 20.8. The number of nitrogens with zero attached hydrogens (tertiary/aromatic N) is 3. The van der Waals surface area contributed by atoms with Crippen molar-refractivity contribution in [1.29, 1.82) is 0 Å². The number of carbonyl (C=O) groups is 1. The summed E-state index contributed by atoms with van der Waals surface area (Å²) in [5.41, 5.74) is 2.71. The number of anilines is 1. The minimum Gasteiger partial charge on any atom is -0.339 e. The number of nitrogens with one attached hydrogen (secondary N) is 1. The number of aryl methyl sites for hydroxylation is 1. The van der Waals surface area contributed by atoms with Crippen molar-refractivity contribution in [2.24, 2.45) is 0 Å². The maximum Gasteiger partial charge on any atom is 0.227 e. The van der Waals surface area contributed by atoms with Crippen LogP contribution in [0.3, 0.4) is 0 Å². The average Bonchev–Trinajstić information content (AvgIpc) is 3.42. The van der Waals surface area contributed by atoms with E-state index in [4.69, 9.17) is 16.1 Å². The van der Waals surface area contributed by atoms with Crippen molar-refractivity contribution in [2.75, 3.05) is 5.32 Å². The summed E-state index contributed by atoms with van der Waals surface area (Å²) in [5.74, 6) is 1.50. The number of halogens is 1. The Balaban J connectivity index is 1.26. The quantitative estimate of drug-likeness (QED) is 0.342. The standard InChI is InChI=1S/C21H17ClN4O2S2/c22-15-8-6-14(7-9-15)17-12-29-21(24-17)30-13-18-25-20(28-26-18)11-10-19(27)23-16-4-2-1-3-5-16/h1-9,12H,10-11,13H2,(H,23,27). The highest BCUT2D eigenvalue weighted by Crippen LogP contribution is 2.30. The molecule has 0 bridgehead atoms. The van der Waals surface area contributed by atoms with Crippen LogP contribution in [0.1, 0.15) is 18.1 Å². The molecule has 0 fully saturated rings. The van der Waals surface area contributed by atoms with Crippen molar-refractivity contribution in [2.45, 2.75) is 22.9 Å². The van der Waals surface area contributed by atoms with Crippen LogP contribution in [-0.2, 0) is 17.0 Å². The lowest BCUT2D eigenvalue weighted by Crippen LogP contribution is -2.12. The molecule has 0 aliphatic carbocycles. The van der Waals surface area contributed by atoms with Gasteiger partial charge in [-0.1, -0.05) is 58.9 Å². The van der Waals surface area contributed by atoms with Crippen LogP contribution in [0, 0.1) is 0 Å². The van der Waals surface area contributed by atoms with Crippen molar-refractivity contribution in [1.82, 2.24) is 15.1 Å². The molecule has 2 aromatic heterocycles. The van der Waals surface area contributed by atoms with E-state index in [1.807, 2.05) is 60.0 Å². The molecule has 2 aromatic carbocycles. The van der Waals surface area contributed by atoms with Crippen molar-refractivity contribution in [3.05, 3.63) is 76.7 Å². The maximum atomic E-state index is 12.0. The fraction of sp³-hybridized carbons (Fsp3) is 0.143. The number of hydrogen-bond donors (Lipinski definition) is 1. The van der Waals surface area contributed by atoms with E-state index in [0.717, 1.165) is 21.3 Å². The summed E-state index contributed by atoms with van der Waals surface area (Å²) < 4.78 is 6.18. The Labute approximate surface area is 186 Å². The largest absolute Gasteiger partial charge is 0.339 e. The highest BCUT2D eigenvalue weighted by Gasteiger charge is 2.11. The van der Waals surface area contributed by atoms with E-state index in [1.165, 1.54) is 0 Å². The van der Waals surface area contributed by atoms with Gasteiger partial charge in [0, 0.05) is 34.5 Å². The normalized spacial score (nSPS) is 10.8. The van der Waals surface area contributed by atoms with Crippen molar-refractivity contribution < 1.29 is 9.32 Å². The summed E-state index contributed by atoms with van der Waals surface area (Å²) in [4.78, 5) is 21.0. The number of rotatable bonds is 8. The molecular weight excluding hydrogens is 440 g/mol. The van der Waals surface area contributed by atoms with E-state index in [-0.39, 0.29) is 12.3 Å². The Bertz CT molecular complexity index is 1110. The fourth-order valence-corrected chi connectivity index (χ4v) is 4.42. The molecule has 0 aliphatic rings. The molecule has 0 unspecified atom stereocenters. The third-order valence-corrected chi connectivity index (χ3v) is 6.35. The molecule has 0 spiro atoms. The number of carbonyl (C=O) groups excluding carboxylic acids is 1. The van der Waals surface area contributed by atoms with Crippen molar-refractivity contribution in [3.63, 3.8) is 0 Å². The number of hydrogen-bond acceptors (Lipinski definition) is 7. The van der Waals surface area contributed by atoms with Gasteiger partial charge in [0.2, 0.25) is 11.8 Å². The first-order chi connectivity index (χ1) is 14.7. The van der Waals surface area contributed by atoms with Gasteiger partial charge in [-0.2, -0.15) is 4.98 Å². The second kappa shape index (κ2) is 9.88. The highest BCUT2D eigenvalue weighted by molar-refractivity contribution is 8.00. The predicted octanol–water partition coefficient (Wildman–Crippen LogP) is 5.71. The van der Waals surface area contributed by atoms with Gasteiger partial charge in [-0.15, -0.1) is 11.3 Å². The van der Waals surface area contributed by atoms with Gasteiger partial charge in [-0.25, -0.2) is 4.98 Å². The van der Waals surface area contributed by atoms with Crippen LogP contribution in [0.15, 0.2) is 68.8 Å². The minimum absolute atomic E-state index is 0.0900. The third kappa shape index (κ3) is 5.69. The van der Waals surface area contributed by atoms with Gasteiger partial charge in [0.15, 0.2) is 10.2 Å². The van der Waals surface area contributed by atoms with Crippen LogP contribution < -0.4 is 5.32 Å². The third-order valence-electron chi connectivity index (χ3n) is 4.08. The van der Waals surface area contributed by atoms with E-state index in [9.17, 15) is 4.79 Å². The van der Waals surface area contributed by atoms with Gasteiger partial charge in [-0.05, 0) is 24.3 Å². The van der Waals surface area contributed by atoms with Gasteiger partial charge >= 0.3 is 0 Å². The van der Waals surface area contributed by atoms with Crippen LogP contribution in [-0.4, -0.2) is 21.0 Å². The number of aromatic nitrogens is 3. The SMILES string of the molecule is O=C(CCc1nc(CSc2nc(-c3ccc(Cl)cc3)cs2)no1)Nc1ccccc1. The molecule has 0 saturated carbocycles. The number of para-hydroxylation sites is 1. The first-order valence-electron chi connectivity index (χ1n) is 9.16. The van der Waals surface area contributed by atoms with Crippen molar-refractivity contribution >= 4 is 46.3 Å². The summed E-state index contributed by atoms with van der Waals surface area (Å²) in [6, 6.07) is 16.9. The lowest BCUT2D eigenvalue weighted by atomic mass is 10.2. The molecule has 4 aromatic rings. The zero-order valence-electron chi connectivity index (χ0n) is 15.7. The summed E-state index contributed by atoms with van der Waals surface area (Å²) in [6.07, 6.45) is 0.675. The molecule has 0 saturated heterocycles. The molecule has 2 heterocycles. The van der Waals surface area contributed by atoms with E-state index in [2.05, 4.69) is 20.4 Å². The van der Waals surface area contributed by atoms with Gasteiger partial charge in [0.25, 0.3) is 0 Å². The molecule has 9 heteroatoms. The maximum absolute atomic E-state index is 12.0. The minimum atomic E-state index is -0.0900. The Hall–Kier alpha value is -2.68. The molecule has 0 atom stereocenters. The molecule has 0 radical (unpaired) electrons. The molecule has 1 amide bonds. The van der Waals surface area contributed by atoms with Crippen LogP contribution in [0.2, 0.25) is 5.02 Å². The molecule has 152 valence electrons. The Morgan fingerprint density at radius 1 is 1.10 bits per heavy atom. The molecule has 4 rings (SSSR count). The number of amides is 1. The smallest absolute Gasteiger partial charge is 0.227 e. The van der Waals surface area contributed by atoms with E-state index in [1.54, 1.807) is 23.1 Å². The second-order valence-electron chi connectivity index (χ2n) is 6.31. The summed E-state index contributed by atoms with van der Waals surface area (Å²) in [6.45, 7) is 0. The predicted molar refractivity (Wildman–Crippen MR) is 120 cm³/mol. The van der Waals surface area contributed by atoms with E-state index < -0.39 is 0 Å². The van der Waals surface area contributed by atoms with Crippen LogP contribution >= 0.6 is 34.7 Å².